The summed E-state index contributed by atoms with van der Waals surface area (Å²) in [5.74, 6) is -2.23. The Balaban J connectivity index is 1.93. The molecule has 0 saturated carbocycles. The van der Waals surface area contributed by atoms with Crippen molar-refractivity contribution in [2.24, 2.45) is 5.92 Å². The van der Waals surface area contributed by atoms with E-state index in [0.717, 1.165) is 0 Å². The van der Waals surface area contributed by atoms with Crippen molar-refractivity contribution >= 4 is 11.9 Å². The average molecular weight is 373 g/mol. The Morgan fingerprint density at radius 2 is 1.63 bits per heavy atom. The van der Waals surface area contributed by atoms with Gasteiger partial charge >= 0.3 is 5.97 Å². The van der Waals surface area contributed by atoms with Gasteiger partial charge in [-0.3, -0.25) is 9.59 Å². The highest BCUT2D eigenvalue weighted by Gasteiger charge is 2.41. The van der Waals surface area contributed by atoms with Crippen LogP contribution in [0.5, 0.6) is 11.5 Å². The van der Waals surface area contributed by atoms with Crippen LogP contribution >= 0.6 is 0 Å². The minimum Gasteiger partial charge on any atom is -0.496 e. The van der Waals surface area contributed by atoms with Gasteiger partial charge in [0.05, 0.1) is 20.1 Å². The summed E-state index contributed by atoms with van der Waals surface area (Å²) in [6.07, 6.45) is 0. The number of rotatable bonds is 5. The number of ether oxygens (including phenoxy) is 2. The second kappa shape index (κ2) is 7.65. The molecule has 1 fully saturated rings. The van der Waals surface area contributed by atoms with Gasteiger partial charge in [-0.1, -0.05) is 18.2 Å². The van der Waals surface area contributed by atoms with Crippen molar-refractivity contribution in [2.75, 3.05) is 27.3 Å². The maximum Gasteiger partial charge on any atom is 0.308 e. The molecule has 1 N–H and O–H groups in total. The largest absolute Gasteiger partial charge is 0.496 e. The number of hydrogen-bond donors (Lipinski definition) is 1. The molecule has 0 aliphatic carbocycles. The molecule has 3 rings (SSSR count). The zero-order valence-electron chi connectivity index (χ0n) is 15.0. The molecule has 0 unspecified atom stereocenters. The number of aliphatic carboxylic acids is 1. The first kappa shape index (κ1) is 18.7. The Labute approximate surface area is 156 Å². The van der Waals surface area contributed by atoms with E-state index in [4.69, 9.17) is 9.47 Å². The van der Waals surface area contributed by atoms with Crippen LogP contribution in [0.25, 0.3) is 0 Å². The third kappa shape index (κ3) is 3.58. The lowest BCUT2D eigenvalue weighted by molar-refractivity contribution is -0.141. The summed E-state index contributed by atoms with van der Waals surface area (Å²) in [7, 11) is 2.91. The highest BCUT2D eigenvalue weighted by atomic mass is 19.1. The van der Waals surface area contributed by atoms with Gasteiger partial charge in [-0.15, -0.1) is 0 Å². The summed E-state index contributed by atoms with van der Waals surface area (Å²) in [6, 6.07) is 10.7. The summed E-state index contributed by atoms with van der Waals surface area (Å²) in [6.45, 7) is 0.264. The van der Waals surface area contributed by atoms with Crippen LogP contribution in [0.3, 0.4) is 0 Å². The molecule has 142 valence electrons. The Bertz CT molecular complexity index is 830. The Hall–Kier alpha value is -3.09. The van der Waals surface area contributed by atoms with Crippen LogP contribution in [0.1, 0.15) is 21.8 Å². The number of nitrogens with zero attached hydrogens (tertiary/aromatic N) is 1. The molecule has 0 bridgehead atoms. The van der Waals surface area contributed by atoms with Gasteiger partial charge in [0.1, 0.15) is 22.9 Å². The number of hydrogen-bond acceptors (Lipinski definition) is 4. The number of amides is 1. The first-order valence-corrected chi connectivity index (χ1v) is 8.44. The second-order valence-electron chi connectivity index (χ2n) is 6.35. The lowest BCUT2D eigenvalue weighted by Gasteiger charge is -2.20. The predicted octanol–water partition coefficient (Wildman–Crippen LogP) is 2.78. The van der Waals surface area contributed by atoms with E-state index in [9.17, 15) is 19.1 Å². The molecule has 2 atom stereocenters. The molecule has 2 aromatic rings. The summed E-state index contributed by atoms with van der Waals surface area (Å²) >= 11 is 0. The summed E-state index contributed by atoms with van der Waals surface area (Å²) in [5, 5.41) is 9.61. The van der Waals surface area contributed by atoms with E-state index in [2.05, 4.69) is 0 Å². The van der Waals surface area contributed by atoms with Crippen molar-refractivity contribution in [3.05, 3.63) is 59.4 Å². The fourth-order valence-electron chi connectivity index (χ4n) is 3.49. The quantitative estimate of drug-likeness (QED) is 0.872. The topological polar surface area (TPSA) is 76.1 Å². The van der Waals surface area contributed by atoms with E-state index < -0.39 is 23.6 Å². The van der Waals surface area contributed by atoms with Gasteiger partial charge in [0.15, 0.2) is 0 Å². The number of halogens is 1. The molecule has 1 aliphatic heterocycles. The van der Waals surface area contributed by atoms with Crippen molar-refractivity contribution < 1.29 is 28.6 Å². The lowest BCUT2D eigenvalue weighted by Crippen LogP contribution is -2.30. The average Bonchev–Trinajstić information content (AvgIpc) is 3.13. The van der Waals surface area contributed by atoms with Crippen LogP contribution in [0, 0.1) is 11.7 Å². The molecule has 1 heterocycles. The number of carboxylic acid groups (broad SMARTS) is 1. The highest BCUT2D eigenvalue weighted by molar-refractivity contribution is 6.00. The predicted molar refractivity (Wildman–Crippen MR) is 95.7 cm³/mol. The van der Waals surface area contributed by atoms with Crippen molar-refractivity contribution in [3.8, 4) is 11.5 Å². The lowest BCUT2D eigenvalue weighted by atomic mass is 9.89. The van der Waals surface area contributed by atoms with Gasteiger partial charge in [0.25, 0.3) is 5.91 Å². The van der Waals surface area contributed by atoms with E-state index in [0.29, 0.717) is 17.1 Å². The fourth-order valence-corrected chi connectivity index (χ4v) is 3.49. The molecule has 27 heavy (non-hydrogen) atoms. The van der Waals surface area contributed by atoms with E-state index in [1.807, 2.05) is 0 Å². The summed E-state index contributed by atoms with van der Waals surface area (Å²) in [4.78, 5) is 26.3. The molecule has 2 aromatic carbocycles. The Morgan fingerprint density at radius 1 is 1.04 bits per heavy atom. The fraction of sp³-hybridized carbons (Fsp3) is 0.300. The molecule has 6 nitrogen and oxygen atoms in total. The molecule has 1 saturated heterocycles. The molecule has 0 radical (unpaired) electrons. The third-order valence-electron chi connectivity index (χ3n) is 4.86. The number of methoxy groups -OCH3 is 2. The highest BCUT2D eigenvalue weighted by Crippen LogP contribution is 2.36. The number of carboxylic acids is 1. The minimum atomic E-state index is -0.994. The van der Waals surface area contributed by atoms with E-state index >= 15 is 0 Å². The zero-order valence-corrected chi connectivity index (χ0v) is 15.0. The number of benzene rings is 2. The van der Waals surface area contributed by atoms with Crippen LogP contribution in [-0.2, 0) is 4.79 Å². The van der Waals surface area contributed by atoms with E-state index in [1.165, 1.54) is 31.3 Å². The molecule has 1 aliphatic rings. The van der Waals surface area contributed by atoms with Crippen LogP contribution in [-0.4, -0.2) is 49.2 Å². The SMILES string of the molecule is COc1cccc(OC)c1C(=O)N1C[C@@H](C(=O)O)[C@H](c2ccc(F)cc2)C1. The van der Waals surface area contributed by atoms with Gasteiger partial charge in [-0.25, -0.2) is 4.39 Å². The molecule has 0 aromatic heterocycles. The molecule has 0 spiro atoms. The number of carbonyl (C=O) groups excluding carboxylic acids is 1. The van der Waals surface area contributed by atoms with Crippen molar-refractivity contribution in [3.63, 3.8) is 0 Å². The number of likely N-dealkylation sites (tertiary alicyclic amines) is 1. The van der Waals surface area contributed by atoms with Crippen LogP contribution in [0.2, 0.25) is 0 Å². The summed E-state index contributed by atoms with van der Waals surface area (Å²) in [5.41, 5.74) is 0.942. The van der Waals surface area contributed by atoms with Gasteiger partial charge in [0.2, 0.25) is 0 Å². The van der Waals surface area contributed by atoms with Crippen LogP contribution < -0.4 is 9.47 Å². The monoisotopic (exact) mass is 373 g/mol. The van der Waals surface area contributed by atoms with Gasteiger partial charge in [-0.05, 0) is 29.8 Å². The van der Waals surface area contributed by atoms with Crippen LogP contribution in [0.4, 0.5) is 4.39 Å². The first-order chi connectivity index (χ1) is 13.0. The first-order valence-electron chi connectivity index (χ1n) is 8.44. The Morgan fingerprint density at radius 3 is 2.15 bits per heavy atom. The van der Waals surface area contributed by atoms with Crippen molar-refractivity contribution in [1.29, 1.82) is 0 Å². The van der Waals surface area contributed by atoms with Crippen molar-refractivity contribution in [2.45, 2.75) is 5.92 Å². The maximum absolute atomic E-state index is 13.2. The van der Waals surface area contributed by atoms with E-state index in [-0.39, 0.29) is 24.6 Å². The number of carbonyl (C=O) groups is 2. The van der Waals surface area contributed by atoms with E-state index in [1.54, 1.807) is 30.3 Å². The molecule has 7 heteroatoms. The Kier molecular flexibility index (Phi) is 5.30. The van der Waals surface area contributed by atoms with Gasteiger partial charge < -0.3 is 19.5 Å². The minimum absolute atomic E-state index is 0.0530. The maximum atomic E-state index is 13.2. The standard InChI is InChI=1S/C20H20FNO5/c1-26-16-4-3-5-17(27-2)18(16)19(23)22-10-14(15(11-22)20(24)25)12-6-8-13(21)9-7-12/h3-9,14-15H,10-11H2,1-2H3,(H,24,25)/t14-,15+/m0/s1. The molecule has 1 amide bonds. The normalized spacial score (nSPS) is 19.0. The van der Waals surface area contributed by atoms with Crippen molar-refractivity contribution in [1.82, 2.24) is 4.90 Å². The molecular weight excluding hydrogens is 353 g/mol. The van der Waals surface area contributed by atoms with Gasteiger partial charge in [0, 0.05) is 19.0 Å². The smallest absolute Gasteiger partial charge is 0.308 e. The van der Waals surface area contributed by atoms with Crippen LogP contribution in [0.15, 0.2) is 42.5 Å². The molecular formula is C20H20FNO5. The van der Waals surface area contributed by atoms with Gasteiger partial charge in [-0.2, -0.15) is 0 Å². The zero-order chi connectivity index (χ0) is 19.6. The second-order valence-corrected chi connectivity index (χ2v) is 6.35. The third-order valence-corrected chi connectivity index (χ3v) is 4.86. The summed E-state index contributed by atoms with van der Waals surface area (Å²) < 4.78 is 23.8.